The first-order valence-corrected chi connectivity index (χ1v) is 11.2. The lowest BCUT2D eigenvalue weighted by atomic mass is 10.1. The van der Waals surface area contributed by atoms with Crippen LogP contribution in [0.3, 0.4) is 0 Å². The summed E-state index contributed by atoms with van der Waals surface area (Å²) in [5.74, 6) is 0.588. The summed E-state index contributed by atoms with van der Waals surface area (Å²) in [6, 6.07) is 17.7. The summed E-state index contributed by atoms with van der Waals surface area (Å²) >= 11 is 1.66. The number of nitrogens with zero attached hydrogens (tertiary/aromatic N) is 1. The molecular weight excluding hydrogens is 380 g/mol. The van der Waals surface area contributed by atoms with Crippen molar-refractivity contribution in [2.75, 3.05) is 5.75 Å². The zero-order chi connectivity index (χ0) is 21.2. The molecule has 0 saturated heterocycles. The molecule has 0 bridgehead atoms. The minimum absolute atomic E-state index is 0.00161. The van der Waals surface area contributed by atoms with Gasteiger partial charge in [0.2, 0.25) is 11.8 Å². The normalized spacial score (nSPS) is 12.8. The van der Waals surface area contributed by atoms with Gasteiger partial charge in [0.15, 0.2) is 0 Å². The number of thioether (sulfide) groups is 1. The minimum atomic E-state index is -0.515. The highest BCUT2D eigenvalue weighted by molar-refractivity contribution is 7.99. The van der Waals surface area contributed by atoms with Gasteiger partial charge in [0.1, 0.15) is 6.04 Å². The summed E-state index contributed by atoms with van der Waals surface area (Å²) in [6.45, 7) is 8.30. The maximum atomic E-state index is 13.1. The molecule has 0 aliphatic heterocycles. The molecule has 0 saturated carbocycles. The molecule has 2 atom stereocenters. The number of carbonyl (C=O) groups is 2. The van der Waals surface area contributed by atoms with Gasteiger partial charge in [0.05, 0.1) is 0 Å². The van der Waals surface area contributed by atoms with Crippen LogP contribution < -0.4 is 5.32 Å². The number of carbonyl (C=O) groups excluding carboxylic acids is 2. The number of aryl methyl sites for hydroxylation is 1. The van der Waals surface area contributed by atoms with Crippen LogP contribution in [0.5, 0.6) is 0 Å². The number of nitrogens with one attached hydrogen (secondary N) is 1. The van der Waals surface area contributed by atoms with E-state index < -0.39 is 6.04 Å². The molecule has 2 aromatic rings. The van der Waals surface area contributed by atoms with E-state index in [1.165, 1.54) is 0 Å². The molecule has 0 unspecified atom stereocenters. The Kier molecular flexibility index (Phi) is 9.26. The molecule has 1 N–H and O–H groups in total. The summed E-state index contributed by atoms with van der Waals surface area (Å²) in [7, 11) is 0. The standard InChI is InChI=1S/C24H32N2O2S/c1-5-19(3)25-24(28)20(4)26(17-21-11-9-10-18(2)16-21)23(27)14-15-29-22-12-7-6-8-13-22/h6-13,16,19-20H,5,14-15,17H2,1-4H3,(H,25,28)/t19-,20-/m0/s1. The molecule has 2 aromatic carbocycles. The topological polar surface area (TPSA) is 49.4 Å². The van der Waals surface area contributed by atoms with Gasteiger partial charge in [0, 0.05) is 29.7 Å². The van der Waals surface area contributed by atoms with E-state index in [0.29, 0.717) is 18.7 Å². The molecule has 0 aromatic heterocycles. The van der Waals surface area contributed by atoms with E-state index in [1.54, 1.807) is 16.7 Å². The molecular formula is C24H32N2O2S. The van der Waals surface area contributed by atoms with Crippen LogP contribution in [0.2, 0.25) is 0 Å². The first-order chi connectivity index (χ1) is 13.9. The van der Waals surface area contributed by atoms with Gasteiger partial charge in [-0.05, 0) is 44.9 Å². The Bertz CT molecular complexity index is 794. The Morgan fingerprint density at radius 3 is 2.45 bits per heavy atom. The predicted octanol–water partition coefficient (Wildman–Crippen LogP) is 4.81. The summed E-state index contributed by atoms with van der Waals surface area (Å²) in [5.41, 5.74) is 2.18. The average molecular weight is 413 g/mol. The fourth-order valence-corrected chi connectivity index (χ4v) is 3.83. The Morgan fingerprint density at radius 1 is 1.07 bits per heavy atom. The van der Waals surface area contributed by atoms with Gasteiger partial charge in [0.25, 0.3) is 0 Å². The second-order valence-electron chi connectivity index (χ2n) is 7.42. The van der Waals surface area contributed by atoms with Crippen molar-refractivity contribution in [3.63, 3.8) is 0 Å². The van der Waals surface area contributed by atoms with Crippen LogP contribution in [0.1, 0.15) is 44.7 Å². The van der Waals surface area contributed by atoms with E-state index in [1.807, 2.05) is 76.2 Å². The van der Waals surface area contributed by atoms with Gasteiger partial charge in [-0.1, -0.05) is 55.0 Å². The number of amides is 2. The molecule has 29 heavy (non-hydrogen) atoms. The number of benzene rings is 2. The van der Waals surface area contributed by atoms with Crippen molar-refractivity contribution in [1.82, 2.24) is 10.2 Å². The summed E-state index contributed by atoms with van der Waals surface area (Å²) in [4.78, 5) is 28.6. The van der Waals surface area contributed by atoms with Crippen LogP contribution >= 0.6 is 11.8 Å². The molecule has 0 radical (unpaired) electrons. The Balaban J connectivity index is 2.07. The largest absolute Gasteiger partial charge is 0.352 e. The third-order valence-corrected chi connectivity index (χ3v) is 5.95. The lowest BCUT2D eigenvalue weighted by Gasteiger charge is -2.30. The summed E-state index contributed by atoms with van der Waals surface area (Å²) in [6.07, 6.45) is 1.25. The van der Waals surface area contributed by atoms with Gasteiger partial charge >= 0.3 is 0 Å². The molecule has 0 spiro atoms. The van der Waals surface area contributed by atoms with E-state index >= 15 is 0 Å². The molecule has 0 fully saturated rings. The first-order valence-electron chi connectivity index (χ1n) is 10.2. The summed E-state index contributed by atoms with van der Waals surface area (Å²) in [5, 5.41) is 3.01. The van der Waals surface area contributed by atoms with Gasteiger partial charge in [-0.3, -0.25) is 9.59 Å². The van der Waals surface area contributed by atoms with E-state index in [9.17, 15) is 9.59 Å². The highest BCUT2D eigenvalue weighted by atomic mass is 32.2. The van der Waals surface area contributed by atoms with E-state index in [0.717, 1.165) is 22.4 Å². The van der Waals surface area contributed by atoms with Gasteiger partial charge in [-0.25, -0.2) is 0 Å². The lowest BCUT2D eigenvalue weighted by molar-refractivity contribution is -0.140. The van der Waals surface area contributed by atoms with Gasteiger partial charge in [-0.15, -0.1) is 11.8 Å². The first kappa shape index (κ1) is 23.0. The molecule has 0 aliphatic carbocycles. The number of rotatable bonds is 10. The molecule has 0 aliphatic rings. The second-order valence-corrected chi connectivity index (χ2v) is 8.58. The Morgan fingerprint density at radius 2 is 1.79 bits per heavy atom. The Hall–Kier alpha value is -2.27. The Labute approximate surface area is 179 Å². The van der Waals surface area contributed by atoms with E-state index in [-0.39, 0.29) is 17.9 Å². The average Bonchev–Trinajstić information content (AvgIpc) is 2.72. The monoisotopic (exact) mass is 412 g/mol. The third kappa shape index (κ3) is 7.58. The molecule has 2 rings (SSSR count). The van der Waals surface area contributed by atoms with Crippen molar-refractivity contribution in [1.29, 1.82) is 0 Å². The maximum absolute atomic E-state index is 13.1. The van der Waals surface area contributed by atoms with Crippen molar-refractivity contribution in [3.8, 4) is 0 Å². The number of hydrogen-bond donors (Lipinski definition) is 1. The van der Waals surface area contributed by atoms with Crippen molar-refractivity contribution < 1.29 is 9.59 Å². The van der Waals surface area contributed by atoms with Crippen LogP contribution in [0, 0.1) is 6.92 Å². The highest BCUT2D eigenvalue weighted by Gasteiger charge is 2.26. The zero-order valence-electron chi connectivity index (χ0n) is 17.9. The molecule has 2 amide bonds. The van der Waals surface area contributed by atoms with Crippen molar-refractivity contribution in [2.24, 2.45) is 0 Å². The number of hydrogen-bond acceptors (Lipinski definition) is 3. The molecule has 0 heterocycles. The van der Waals surface area contributed by atoms with Crippen LogP contribution in [0.25, 0.3) is 0 Å². The minimum Gasteiger partial charge on any atom is -0.352 e. The molecule has 4 nitrogen and oxygen atoms in total. The maximum Gasteiger partial charge on any atom is 0.242 e. The summed E-state index contributed by atoms with van der Waals surface area (Å²) < 4.78 is 0. The third-order valence-electron chi connectivity index (χ3n) is 4.93. The molecule has 5 heteroatoms. The predicted molar refractivity (Wildman–Crippen MR) is 121 cm³/mol. The van der Waals surface area contributed by atoms with E-state index in [2.05, 4.69) is 11.4 Å². The SMILES string of the molecule is CC[C@H](C)NC(=O)[C@H](C)N(Cc1cccc(C)c1)C(=O)CCSc1ccccc1. The van der Waals surface area contributed by atoms with Crippen LogP contribution in [-0.4, -0.2) is 34.6 Å². The van der Waals surface area contributed by atoms with Gasteiger partial charge < -0.3 is 10.2 Å². The van der Waals surface area contributed by atoms with Crippen LogP contribution in [0.4, 0.5) is 0 Å². The van der Waals surface area contributed by atoms with Crippen molar-refractivity contribution >= 4 is 23.6 Å². The second kappa shape index (κ2) is 11.7. The van der Waals surface area contributed by atoms with Crippen LogP contribution in [-0.2, 0) is 16.1 Å². The highest BCUT2D eigenvalue weighted by Crippen LogP contribution is 2.19. The van der Waals surface area contributed by atoms with E-state index in [4.69, 9.17) is 0 Å². The smallest absolute Gasteiger partial charge is 0.242 e. The van der Waals surface area contributed by atoms with Gasteiger partial charge in [-0.2, -0.15) is 0 Å². The van der Waals surface area contributed by atoms with Crippen LogP contribution in [0.15, 0.2) is 59.5 Å². The fraction of sp³-hybridized carbons (Fsp3) is 0.417. The molecule has 156 valence electrons. The lowest BCUT2D eigenvalue weighted by Crippen LogP contribution is -2.49. The quantitative estimate of drug-likeness (QED) is 0.570. The zero-order valence-corrected chi connectivity index (χ0v) is 18.7. The van der Waals surface area contributed by atoms with Crippen molar-refractivity contribution in [3.05, 3.63) is 65.7 Å². The fourth-order valence-electron chi connectivity index (χ4n) is 2.97. The van der Waals surface area contributed by atoms with Crippen molar-refractivity contribution in [2.45, 2.75) is 64.1 Å².